The number of hydrogen-bond acceptors (Lipinski definition) is 5. The molecule has 0 saturated heterocycles. The maximum absolute atomic E-state index is 14.1. The van der Waals surface area contributed by atoms with Crippen LogP contribution in [0, 0.1) is 5.82 Å². The van der Waals surface area contributed by atoms with Crippen molar-refractivity contribution in [1.29, 1.82) is 0 Å². The number of aromatic nitrogens is 4. The minimum Gasteiger partial charge on any atom is -0.457 e. The third kappa shape index (κ3) is 4.47. The smallest absolute Gasteiger partial charge is 0.246 e. The van der Waals surface area contributed by atoms with E-state index in [1.807, 2.05) is 67.6 Å². The lowest BCUT2D eigenvalue weighted by molar-refractivity contribution is -0.115. The lowest BCUT2D eigenvalue weighted by Crippen LogP contribution is -2.13. The van der Waals surface area contributed by atoms with Crippen LogP contribution in [0.3, 0.4) is 0 Å². The first kappa shape index (κ1) is 21.3. The van der Waals surface area contributed by atoms with Gasteiger partial charge >= 0.3 is 0 Å². The van der Waals surface area contributed by atoms with Gasteiger partial charge in [0.15, 0.2) is 0 Å². The number of ether oxygens (including phenoxy) is 1. The topological polar surface area (TPSA) is 92.8 Å². The number of tetrazole rings is 1. The number of carbonyl (C=O) groups is 1. The van der Waals surface area contributed by atoms with Crippen LogP contribution < -0.4 is 10.1 Å². The summed E-state index contributed by atoms with van der Waals surface area (Å²) in [6.45, 7) is 1.94. The average Bonchev–Trinajstić information content (AvgIpc) is 3.43. The van der Waals surface area contributed by atoms with Gasteiger partial charge in [0.2, 0.25) is 11.9 Å². The number of benzene rings is 3. The van der Waals surface area contributed by atoms with Crippen LogP contribution in [-0.4, -0.2) is 26.5 Å². The van der Waals surface area contributed by atoms with Crippen molar-refractivity contribution < 1.29 is 13.9 Å². The van der Waals surface area contributed by atoms with Crippen LogP contribution in [0.25, 0.3) is 17.2 Å². The Balaban J connectivity index is 1.42. The van der Waals surface area contributed by atoms with Crippen molar-refractivity contribution in [1.82, 2.24) is 20.6 Å². The van der Waals surface area contributed by atoms with Crippen LogP contribution in [0.2, 0.25) is 0 Å². The number of hydrogen-bond donors (Lipinski definition) is 2. The summed E-state index contributed by atoms with van der Waals surface area (Å²) in [4.78, 5) is 12.6. The lowest BCUT2D eigenvalue weighted by Gasteiger charge is -2.07. The van der Waals surface area contributed by atoms with Gasteiger partial charge in [0.25, 0.3) is 0 Å². The molecule has 34 heavy (non-hydrogen) atoms. The van der Waals surface area contributed by atoms with E-state index in [9.17, 15) is 9.18 Å². The van der Waals surface area contributed by atoms with Crippen molar-refractivity contribution >= 4 is 29.1 Å². The Morgan fingerprint density at radius 2 is 1.79 bits per heavy atom. The van der Waals surface area contributed by atoms with Gasteiger partial charge in [-0.2, -0.15) is 0 Å². The number of nitrogens with one attached hydrogen (secondary N) is 2. The molecule has 0 radical (unpaired) electrons. The molecular weight excluding hydrogens is 433 g/mol. The number of nitrogens with zero attached hydrogens (tertiary/aromatic N) is 3. The van der Waals surface area contributed by atoms with Gasteiger partial charge in [0.1, 0.15) is 17.3 Å². The summed E-state index contributed by atoms with van der Waals surface area (Å²) in [5.74, 6) is 1.01. The zero-order chi connectivity index (χ0) is 23.5. The van der Waals surface area contributed by atoms with Crippen molar-refractivity contribution in [2.24, 2.45) is 0 Å². The summed E-state index contributed by atoms with van der Waals surface area (Å²) in [7, 11) is 0. The number of amides is 1. The SMILES string of the molecule is CC1=C(CC(=O)Nc2nnn[nH]2)c2cc(F)ccc2/C1=C\c1ccc(Oc2ccccc2)cc1. The summed E-state index contributed by atoms with van der Waals surface area (Å²) in [5.41, 5.74) is 5.16. The molecule has 0 bridgehead atoms. The van der Waals surface area contributed by atoms with Gasteiger partial charge in [-0.05, 0) is 93.2 Å². The Morgan fingerprint density at radius 1 is 1.03 bits per heavy atom. The highest BCUT2D eigenvalue weighted by atomic mass is 19.1. The molecule has 2 N–H and O–H groups in total. The third-order valence-corrected chi connectivity index (χ3v) is 5.56. The molecule has 0 unspecified atom stereocenters. The first-order chi connectivity index (χ1) is 16.6. The Hall–Kier alpha value is -4.59. The van der Waals surface area contributed by atoms with E-state index in [1.54, 1.807) is 6.07 Å². The number of rotatable bonds is 6. The van der Waals surface area contributed by atoms with E-state index >= 15 is 0 Å². The molecule has 0 atom stereocenters. The quantitative estimate of drug-likeness (QED) is 0.403. The van der Waals surface area contributed by atoms with Crippen LogP contribution in [0.5, 0.6) is 11.5 Å². The fourth-order valence-electron chi connectivity index (χ4n) is 3.95. The Kier molecular flexibility index (Phi) is 5.70. The molecule has 0 fully saturated rings. The second-order valence-electron chi connectivity index (χ2n) is 7.81. The first-order valence-electron chi connectivity index (χ1n) is 10.7. The normalized spacial score (nSPS) is 13.8. The number of fused-ring (bicyclic) bond motifs is 1. The maximum atomic E-state index is 14.1. The molecule has 1 amide bonds. The molecule has 5 rings (SSSR count). The first-order valence-corrected chi connectivity index (χ1v) is 10.7. The number of carbonyl (C=O) groups excluding carboxylic acids is 1. The van der Waals surface area contributed by atoms with Gasteiger partial charge < -0.3 is 4.74 Å². The van der Waals surface area contributed by atoms with E-state index in [-0.39, 0.29) is 24.1 Å². The number of halogens is 1. The minimum absolute atomic E-state index is 0.0597. The van der Waals surface area contributed by atoms with Gasteiger partial charge in [-0.3, -0.25) is 10.1 Å². The van der Waals surface area contributed by atoms with E-state index in [1.165, 1.54) is 12.1 Å². The second kappa shape index (κ2) is 9.11. The molecular formula is C26H20FN5O2. The molecule has 168 valence electrons. The fraction of sp³-hybridized carbons (Fsp3) is 0.0769. The van der Waals surface area contributed by atoms with Crippen LogP contribution in [-0.2, 0) is 4.79 Å². The van der Waals surface area contributed by atoms with Gasteiger partial charge in [0, 0.05) is 0 Å². The predicted molar refractivity (Wildman–Crippen MR) is 127 cm³/mol. The monoisotopic (exact) mass is 453 g/mol. The van der Waals surface area contributed by atoms with Crippen LogP contribution >= 0.6 is 0 Å². The highest BCUT2D eigenvalue weighted by Gasteiger charge is 2.26. The van der Waals surface area contributed by atoms with Gasteiger partial charge in [-0.15, -0.1) is 0 Å². The van der Waals surface area contributed by atoms with Gasteiger partial charge in [-0.25, -0.2) is 9.49 Å². The molecule has 8 heteroatoms. The Bertz CT molecular complexity index is 1400. The molecule has 7 nitrogen and oxygen atoms in total. The van der Waals surface area contributed by atoms with Crippen molar-refractivity contribution in [3.8, 4) is 11.5 Å². The molecule has 0 aliphatic heterocycles. The number of para-hydroxylation sites is 1. The highest BCUT2D eigenvalue weighted by Crippen LogP contribution is 2.44. The zero-order valence-electron chi connectivity index (χ0n) is 18.2. The summed E-state index contributed by atoms with van der Waals surface area (Å²) in [5, 5.41) is 15.7. The van der Waals surface area contributed by atoms with Crippen molar-refractivity contribution in [2.45, 2.75) is 13.3 Å². The van der Waals surface area contributed by atoms with Crippen molar-refractivity contribution in [2.75, 3.05) is 5.32 Å². The molecule has 1 aliphatic rings. The highest BCUT2D eigenvalue weighted by molar-refractivity contribution is 6.09. The number of anilines is 1. The van der Waals surface area contributed by atoms with Crippen molar-refractivity contribution in [3.05, 3.63) is 101 Å². The molecule has 1 aliphatic carbocycles. The minimum atomic E-state index is -0.354. The van der Waals surface area contributed by atoms with Crippen LogP contribution in [0.1, 0.15) is 30.0 Å². The zero-order valence-corrected chi connectivity index (χ0v) is 18.2. The summed E-state index contributed by atoms with van der Waals surface area (Å²) < 4.78 is 20.0. The van der Waals surface area contributed by atoms with E-state index < -0.39 is 0 Å². The lowest BCUT2D eigenvalue weighted by atomic mass is 10.0. The second-order valence-corrected chi connectivity index (χ2v) is 7.81. The average molecular weight is 453 g/mol. The maximum Gasteiger partial charge on any atom is 0.246 e. The predicted octanol–water partition coefficient (Wildman–Crippen LogP) is 5.49. The third-order valence-electron chi connectivity index (χ3n) is 5.56. The number of aromatic amines is 1. The van der Waals surface area contributed by atoms with E-state index in [0.29, 0.717) is 5.56 Å². The molecule has 3 aromatic carbocycles. The standard InChI is InChI=1S/C26H20FN5O2/c1-16-22(13-17-7-10-20(11-8-17)34-19-5-3-2-4-6-19)21-12-9-18(27)14-24(21)23(16)15-25(33)28-26-29-31-32-30-26/h2-14H,15H2,1H3,(H2,28,29,30,31,32,33)/b22-13-. The molecule has 0 spiro atoms. The summed E-state index contributed by atoms with van der Waals surface area (Å²) in [6, 6.07) is 21.9. The number of H-pyrrole nitrogens is 1. The van der Waals surface area contributed by atoms with Crippen molar-refractivity contribution in [3.63, 3.8) is 0 Å². The van der Waals surface area contributed by atoms with E-state index in [0.717, 1.165) is 39.3 Å². The summed E-state index contributed by atoms with van der Waals surface area (Å²) in [6.07, 6.45) is 2.09. The molecule has 1 aromatic heterocycles. The van der Waals surface area contributed by atoms with Gasteiger partial charge in [-0.1, -0.05) is 41.5 Å². The molecule has 1 heterocycles. The van der Waals surface area contributed by atoms with Gasteiger partial charge in [0.05, 0.1) is 6.42 Å². The van der Waals surface area contributed by atoms with E-state index in [2.05, 4.69) is 25.9 Å². The summed E-state index contributed by atoms with van der Waals surface area (Å²) >= 11 is 0. The number of allylic oxidation sites excluding steroid dienone is 2. The Morgan fingerprint density at radius 3 is 2.53 bits per heavy atom. The fourth-order valence-corrected chi connectivity index (χ4v) is 3.95. The van der Waals surface area contributed by atoms with Crippen LogP contribution in [0.4, 0.5) is 10.3 Å². The Labute approximate surface area is 195 Å². The van der Waals surface area contributed by atoms with Crippen LogP contribution in [0.15, 0.2) is 78.4 Å². The van der Waals surface area contributed by atoms with E-state index in [4.69, 9.17) is 4.74 Å². The largest absolute Gasteiger partial charge is 0.457 e. The molecule has 4 aromatic rings. The molecule has 0 saturated carbocycles.